The lowest BCUT2D eigenvalue weighted by molar-refractivity contribution is 0.136. The second-order valence-electron chi connectivity index (χ2n) is 4.70. The first-order valence-corrected chi connectivity index (χ1v) is 6.80. The van der Waals surface area contributed by atoms with Crippen LogP contribution in [0.5, 0.6) is 5.75 Å². The Bertz CT molecular complexity index is 566. The molecule has 0 aliphatic carbocycles. The van der Waals surface area contributed by atoms with E-state index in [0.717, 1.165) is 16.9 Å². The van der Waals surface area contributed by atoms with Crippen molar-refractivity contribution in [2.45, 2.75) is 19.6 Å². The number of benzene rings is 2. The summed E-state index contributed by atoms with van der Waals surface area (Å²) in [7, 11) is 1.62. The summed E-state index contributed by atoms with van der Waals surface area (Å²) < 4.78 is 10.3. The zero-order valence-corrected chi connectivity index (χ0v) is 12.2. The minimum Gasteiger partial charge on any atom is -0.497 e. The SMILES string of the molecule is COc1ccc([C@@H](C)NC(=O)OCc2ccccc2)cc1. The van der Waals surface area contributed by atoms with Crippen LogP contribution in [0.15, 0.2) is 54.6 Å². The van der Waals surface area contributed by atoms with Gasteiger partial charge in [0.05, 0.1) is 13.2 Å². The van der Waals surface area contributed by atoms with Gasteiger partial charge in [0.2, 0.25) is 0 Å². The monoisotopic (exact) mass is 285 g/mol. The third-order valence-electron chi connectivity index (χ3n) is 3.16. The first kappa shape index (κ1) is 14.9. The van der Waals surface area contributed by atoms with E-state index >= 15 is 0 Å². The Morgan fingerprint density at radius 3 is 2.38 bits per heavy atom. The molecule has 0 heterocycles. The zero-order valence-electron chi connectivity index (χ0n) is 12.2. The standard InChI is InChI=1S/C17H19NO3/c1-13(15-8-10-16(20-2)11-9-15)18-17(19)21-12-14-6-4-3-5-7-14/h3-11,13H,12H2,1-2H3,(H,18,19)/t13-/m1/s1. The van der Waals surface area contributed by atoms with E-state index in [1.165, 1.54) is 0 Å². The van der Waals surface area contributed by atoms with E-state index in [2.05, 4.69) is 5.32 Å². The minimum absolute atomic E-state index is 0.126. The molecule has 0 saturated carbocycles. The van der Waals surface area contributed by atoms with Gasteiger partial charge in [0.25, 0.3) is 0 Å². The van der Waals surface area contributed by atoms with E-state index in [-0.39, 0.29) is 12.6 Å². The molecule has 4 heteroatoms. The molecular weight excluding hydrogens is 266 g/mol. The van der Waals surface area contributed by atoms with Crippen LogP contribution in [-0.2, 0) is 11.3 Å². The number of rotatable bonds is 5. The van der Waals surface area contributed by atoms with Crippen molar-refractivity contribution in [2.75, 3.05) is 7.11 Å². The van der Waals surface area contributed by atoms with Crippen molar-refractivity contribution >= 4 is 6.09 Å². The number of carbonyl (C=O) groups excluding carboxylic acids is 1. The molecule has 2 aromatic rings. The molecule has 0 fully saturated rings. The number of ether oxygens (including phenoxy) is 2. The number of amides is 1. The van der Waals surface area contributed by atoms with Gasteiger partial charge in [-0.25, -0.2) is 4.79 Å². The number of methoxy groups -OCH3 is 1. The average molecular weight is 285 g/mol. The molecule has 0 aliphatic heterocycles. The smallest absolute Gasteiger partial charge is 0.407 e. The Balaban J connectivity index is 1.83. The van der Waals surface area contributed by atoms with Gasteiger partial charge in [0, 0.05) is 0 Å². The number of alkyl carbamates (subject to hydrolysis) is 1. The topological polar surface area (TPSA) is 47.6 Å². The van der Waals surface area contributed by atoms with Gasteiger partial charge in [-0.05, 0) is 30.2 Å². The van der Waals surface area contributed by atoms with Crippen LogP contribution < -0.4 is 10.1 Å². The summed E-state index contributed by atoms with van der Waals surface area (Å²) in [4.78, 5) is 11.8. The molecule has 21 heavy (non-hydrogen) atoms. The normalized spacial score (nSPS) is 11.5. The lowest BCUT2D eigenvalue weighted by atomic mass is 10.1. The molecule has 1 N–H and O–H groups in total. The predicted octanol–water partition coefficient (Wildman–Crippen LogP) is 3.68. The second-order valence-corrected chi connectivity index (χ2v) is 4.70. The fourth-order valence-electron chi connectivity index (χ4n) is 1.92. The first-order chi connectivity index (χ1) is 10.2. The molecule has 2 aromatic carbocycles. The van der Waals surface area contributed by atoms with Crippen molar-refractivity contribution in [2.24, 2.45) is 0 Å². The Morgan fingerprint density at radius 2 is 1.76 bits per heavy atom. The van der Waals surface area contributed by atoms with Crippen LogP contribution in [0.25, 0.3) is 0 Å². The highest BCUT2D eigenvalue weighted by molar-refractivity contribution is 5.67. The Kier molecular flexibility index (Phi) is 5.21. The highest BCUT2D eigenvalue weighted by Gasteiger charge is 2.10. The highest BCUT2D eigenvalue weighted by atomic mass is 16.5. The summed E-state index contributed by atoms with van der Waals surface area (Å²) in [5.74, 6) is 0.789. The molecule has 0 bridgehead atoms. The van der Waals surface area contributed by atoms with Crippen molar-refractivity contribution in [3.05, 3.63) is 65.7 Å². The van der Waals surface area contributed by atoms with Gasteiger partial charge >= 0.3 is 6.09 Å². The molecule has 0 spiro atoms. The quantitative estimate of drug-likeness (QED) is 0.911. The summed E-state index contributed by atoms with van der Waals surface area (Å²) in [6.07, 6.45) is -0.429. The summed E-state index contributed by atoms with van der Waals surface area (Å²) in [6, 6.07) is 17.0. The van der Waals surface area contributed by atoms with Gasteiger partial charge in [-0.1, -0.05) is 42.5 Å². The predicted molar refractivity (Wildman–Crippen MR) is 81.2 cm³/mol. The molecule has 1 atom stereocenters. The van der Waals surface area contributed by atoms with Crippen LogP contribution in [0.3, 0.4) is 0 Å². The number of hydrogen-bond acceptors (Lipinski definition) is 3. The third-order valence-corrected chi connectivity index (χ3v) is 3.16. The molecule has 0 saturated heterocycles. The number of hydrogen-bond donors (Lipinski definition) is 1. The molecule has 0 aliphatic rings. The van der Waals surface area contributed by atoms with E-state index < -0.39 is 6.09 Å². The van der Waals surface area contributed by atoms with Gasteiger partial charge in [0.1, 0.15) is 12.4 Å². The molecule has 110 valence electrons. The first-order valence-electron chi connectivity index (χ1n) is 6.80. The van der Waals surface area contributed by atoms with Gasteiger partial charge in [-0.15, -0.1) is 0 Å². The number of carbonyl (C=O) groups is 1. The average Bonchev–Trinajstić information content (AvgIpc) is 2.54. The van der Waals surface area contributed by atoms with E-state index in [4.69, 9.17) is 9.47 Å². The van der Waals surface area contributed by atoms with Crippen molar-refractivity contribution in [1.29, 1.82) is 0 Å². The maximum absolute atomic E-state index is 11.8. The molecule has 0 radical (unpaired) electrons. The van der Waals surface area contributed by atoms with E-state index in [0.29, 0.717) is 0 Å². The van der Waals surface area contributed by atoms with Gasteiger partial charge < -0.3 is 14.8 Å². The van der Waals surface area contributed by atoms with Gasteiger partial charge in [-0.2, -0.15) is 0 Å². The van der Waals surface area contributed by atoms with Crippen LogP contribution >= 0.6 is 0 Å². The largest absolute Gasteiger partial charge is 0.497 e. The van der Waals surface area contributed by atoms with Gasteiger partial charge in [-0.3, -0.25) is 0 Å². The minimum atomic E-state index is -0.429. The van der Waals surface area contributed by atoms with Crippen LogP contribution in [0, 0.1) is 0 Å². The van der Waals surface area contributed by atoms with Crippen LogP contribution in [0.2, 0.25) is 0 Å². The summed E-state index contributed by atoms with van der Waals surface area (Å²) in [6.45, 7) is 2.17. The molecule has 0 unspecified atom stereocenters. The van der Waals surface area contributed by atoms with E-state index in [1.54, 1.807) is 7.11 Å². The summed E-state index contributed by atoms with van der Waals surface area (Å²) >= 11 is 0. The highest BCUT2D eigenvalue weighted by Crippen LogP contribution is 2.17. The lowest BCUT2D eigenvalue weighted by Gasteiger charge is -2.14. The third kappa shape index (κ3) is 4.53. The molecular formula is C17H19NO3. The van der Waals surface area contributed by atoms with E-state index in [1.807, 2.05) is 61.5 Å². The summed E-state index contributed by atoms with van der Waals surface area (Å²) in [5, 5.41) is 2.80. The van der Waals surface area contributed by atoms with Crippen molar-refractivity contribution < 1.29 is 14.3 Å². The van der Waals surface area contributed by atoms with E-state index in [9.17, 15) is 4.79 Å². The van der Waals surface area contributed by atoms with Crippen LogP contribution in [0.1, 0.15) is 24.1 Å². The fraction of sp³-hybridized carbons (Fsp3) is 0.235. The maximum atomic E-state index is 11.8. The Labute approximate surface area is 124 Å². The zero-order chi connectivity index (χ0) is 15.1. The number of nitrogens with one attached hydrogen (secondary N) is 1. The fourth-order valence-corrected chi connectivity index (χ4v) is 1.92. The molecule has 1 amide bonds. The maximum Gasteiger partial charge on any atom is 0.407 e. The summed E-state index contributed by atoms with van der Waals surface area (Å²) in [5.41, 5.74) is 1.96. The molecule has 2 rings (SSSR count). The van der Waals surface area contributed by atoms with Crippen LogP contribution in [-0.4, -0.2) is 13.2 Å². The Morgan fingerprint density at radius 1 is 1.10 bits per heavy atom. The molecule has 4 nitrogen and oxygen atoms in total. The second kappa shape index (κ2) is 7.33. The van der Waals surface area contributed by atoms with Crippen molar-refractivity contribution in [1.82, 2.24) is 5.32 Å². The van der Waals surface area contributed by atoms with Gasteiger partial charge in [0.15, 0.2) is 0 Å². The lowest BCUT2D eigenvalue weighted by Crippen LogP contribution is -2.27. The van der Waals surface area contributed by atoms with Crippen molar-refractivity contribution in [3.8, 4) is 5.75 Å². The van der Waals surface area contributed by atoms with Crippen molar-refractivity contribution in [3.63, 3.8) is 0 Å². The Hall–Kier alpha value is -2.49. The molecule has 0 aromatic heterocycles. The van der Waals surface area contributed by atoms with Crippen LogP contribution in [0.4, 0.5) is 4.79 Å².